The van der Waals surface area contributed by atoms with Gasteiger partial charge < -0.3 is 10.6 Å². The number of nitrogens with one attached hydrogen (secondary N) is 2. The second-order valence-electron chi connectivity index (χ2n) is 13.9. The summed E-state index contributed by atoms with van der Waals surface area (Å²) in [6.07, 6.45) is 4.25. The Balaban J connectivity index is 1.41. The molecule has 2 amide bonds. The fourth-order valence-electron chi connectivity index (χ4n) is 6.38. The number of hydrogen-bond donors (Lipinski definition) is 2. The largest absolute Gasteiger partial charge is 0.349 e. The van der Waals surface area contributed by atoms with Crippen molar-refractivity contribution in [2.24, 2.45) is 17.3 Å². The molecule has 3 heterocycles. The number of amides is 2. The Labute approximate surface area is 254 Å². The maximum Gasteiger partial charge on any atom is 0.270 e. The van der Waals surface area contributed by atoms with Gasteiger partial charge in [0.2, 0.25) is 17.8 Å². The van der Waals surface area contributed by atoms with Crippen molar-refractivity contribution in [3.63, 3.8) is 0 Å². The molecule has 2 saturated carbocycles. The second-order valence-corrected chi connectivity index (χ2v) is 13.9. The molecule has 2 atom stereocenters. The van der Waals surface area contributed by atoms with E-state index in [0.29, 0.717) is 22.6 Å². The molecule has 44 heavy (non-hydrogen) atoms. The van der Waals surface area contributed by atoms with Gasteiger partial charge in [-0.3, -0.25) is 14.3 Å². The van der Waals surface area contributed by atoms with Gasteiger partial charge in [-0.15, -0.1) is 0 Å². The first kappa shape index (κ1) is 31.9. The molecule has 3 aromatic heterocycles. The number of rotatable bonds is 9. The van der Waals surface area contributed by atoms with Crippen molar-refractivity contribution in [2.45, 2.75) is 110 Å². The maximum absolute atomic E-state index is 14.1. The van der Waals surface area contributed by atoms with E-state index in [9.17, 15) is 27.2 Å². The molecule has 3 aromatic rings. The Morgan fingerprint density at radius 1 is 1.05 bits per heavy atom. The molecule has 5 rings (SSSR count). The highest BCUT2D eigenvalue weighted by Crippen LogP contribution is 2.44. The third-order valence-electron chi connectivity index (χ3n) is 8.74. The number of aromatic nitrogens is 5. The molecule has 9 nitrogen and oxygen atoms in total. The summed E-state index contributed by atoms with van der Waals surface area (Å²) >= 11 is 0. The summed E-state index contributed by atoms with van der Waals surface area (Å²) in [4.78, 5) is 31.1. The van der Waals surface area contributed by atoms with E-state index >= 15 is 0 Å². The van der Waals surface area contributed by atoms with Gasteiger partial charge in [-0.05, 0) is 61.6 Å². The van der Waals surface area contributed by atoms with Crippen molar-refractivity contribution in [1.82, 2.24) is 35.0 Å². The highest BCUT2D eigenvalue weighted by atomic mass is 19.3. The van der Waals surface area contributed by atoms with Crippen LogP contribution in [0.3, 0.4) is 0 Å². The lowest BCUT2D eigenvalue weighted by Gasteiger charge is -2.36. The maximum atomic E-state index is 14.1. The summed E-state index contributed by atoms with van der Waals surface area (Å²) in [6.45, 7) is 9.71. The zero-order valence-electron chi connectivity index (χ0n) is 25.8. The fraction of sp³-hybridized carbons (Fsp3) is 0.645. The van der Waals surface area contributed by atoms with Gasteiger partial charge in [-0.2, -0.15) is 10.2 Å². The molecular formula is C31H41F4N7O2. The van der Waals surface area contributed by atoms with Gasteiger partial charge in [0.05, 0.1) is 30.2 Å². The number of halogens is 4. The minimum absolute atomic E-state index is 0.0306. The average Bonchev–Trinajstić information content (AvgIpc) is 3.56. The lowest BCUT2D eigenvalue weighted by Crippen LogP contribution is -2.41. The molecule has 0 aliphatic heterocycles. The molecule has 2 N–H and O–H groups in total. The van der Waals surface area contributed by atoms with Crippen LogP contribution in [0, 0.1) is 17.3 Å². The average molecular weight is 620 g/mol. The third-order valence-corrected chi connectivity index (χ3v) is 8.74. The third kappa shape index (κ3) is 7.07. The highest BCUT2D eigenvalue weighted by molar-refractivity contribution is 5.92. The molecule has 240 valence electrons. The standard InChI is InChI=1S/C31H41F4N7O2/c1-18(2)42-23(8-11-36-42)28(44)40-26(20-6-9-30(32,33)10-7-20)22-17-41-24(38-22)13-21(16-37-41)27(29(3,4)5)39-25(43)12-19-14-31(34,35)15-19/h8,11,13,16-20,26-27H,6-7,9-10,12,14-15H2,1-5H3,(H,39,43)(H,40,44)/t26-,27?/m0/s1. The van der Waals surface area contributed by atoms with E-state index in [4.69, 9.17) is 4.98 Å². The van der Waals surface area contributed by atoms with Crippen molar-refractivity contribution in [1.29, 1.82) is 0 Å². The van der Waals surface area contributed by atoms with Gasteiger partial charge in [0.15, 0.2) is 5.65 Å². The van der Waals surface area contributed by atoms with E-state index in [1.165, 1.54) is 0 Å². The van der Waals surface area contributed by atoms with Gasteiger partial charge in [0, 0.05) is 44.3 Å². The first-order valence-corrected chi connectivity index (χ1v) is 15.3. The van der Waals surface area contributed by atoms with Crippen LogP contribution < -0.4 is 10.6 Å². The van der Waals surface area contributed by atoms with Crippen LogP contribution in [0.25, 0.3) is 5.65 Å². The molecule has 2 fully saturated rings. The Bertz CT molecular complexity index is 1490. The van der Waals surface area contributed by atoms with Crippen LogP contribution in [0.4, 0.5) is 17.6 Å². The molecule has 0 bridgehead atoms. The first-order chi connectivity index (χ1) is 20.5. The van der Waals surface area contributed by atoms with E-state index in [1.54, 1.807) is 39.9 Å². The predicted molar refractivity (Wildman–Crippen MR) is 155 cm³/mol. The number of carbonyl (C=O) groups is 2. The molecule has 0 spiro atoms. The summed E-state index contributed by atoms with van der Waals surface area (Å²) in [6, 6.07) is 2.25. The number of hydrogen-bond acceptors (Lipinski definition) is 5. The van der Waals surface area contributed by atoms with Crippen LogP contribution in [0.15, 0.2) is 30.7 Å². The predicted octanol–water partition coefficient (Wildman–Crippen LogP) is 6.44. The lowest BCUT2D eigenvalue weighted by atomic mass is 9.78. The first-order valence-electron chi connectivity index (χ1n) is 15.3. The summed E-state index contributed by atoms with van der Waals surface area (Å²) in [7, 11) is 0. The molecule has 2 aliphatic rings. The number of nitrogens with zero attached hydrogens (tertiary/aromatic N) is 5. The highest BCUT2D eigenvalue weighted by Gasteiger charge is 2.46. The SMILES string of the molecule is CC(C)n1nccc1C(=O)N[C@H](c1cn2ncc(C(NC(=O)CC3CC(F)(F)C3)C(C)(C)C)cc2n1)C1CCC(F)(F)CC1. The number of carbonyl (C=O) groups excluding carboxylic acids is 2. The minimum Gasteiger partial charge on any atom is -0.349 e. The summed E-state index contributed by atoms with van der Waals surface area (Å²) in [5.74, 6) is -6.70. The van der Waals surface area contributed by atoms with Crippen LogP contribution in [0.2, 0.25) is 0 Å². The zero-order valence-corrected chi connectivity index (χ0v) is 25.8. The van der Waals surface area contributed by atoms with Crippen molar-refractivity contribution in [2.75, 3.05) is 0 Å². The Morgan fingerprint density at radius 3 is 2.34 bits per heavy atom. The smallest absolute Gasteiger partial charge is 0.270 e. The second kappa shape index (κ2) is 11.8. The number of fused-ring (bicyclic) bond motifs is 1. The molecule has 0 aromatic carbocycles. The minimum atomic E-state index is -2.73. The van der Waals surface area contributed by atoms with Crippen LogP contribution in [-0.2, 0) is 4.79 Å². The van der Waals surface area contributed by atoms with Crippen LogP contribution in [0.5, 0.6) is 0 Å². The summed E-state index contributed by atoms with van der Waals surface area (Å²) < 4.78 is 57.9. The molecule has 1 unspecified atom stereocenters. The van der Waals surface area contributed by atoms with E-state index in [2.05, 4.69) is 20.8 Å². The Hall–Kier alpha value is -3.51. The van der Waals surface area contributed by atoms with Gasteiger partial charge in [0.25, 0.3) is 5.91 Å². The number of imidazole rings is 1. The van der Waals surface area contributed by atoms with Crippen molar-refractivity contribution >= 4 is 17.5 Å². The van der Waals surface area contributed by atoms with Crippen LogP contribution >= 0.6 is 0 Å². The Kier molecular flexibility index (Phi) is 8.54. The van der Waals surface area contributed by atoms with Crippen molar-refractivity contribution in [3.8, 4) is 0 Å². The number of alkyl halides is 4. The molecular weight excluding hydrogens is 578 g/mol. The van der Waals surface area contributed by atoms with E-state index in [-0.39, 0.29) is 74.6 Å². The fourth-order valence-corrected chi connectivity index (χ4v) is 6.38. The van der Waals surface area contributed by atoms with E-state index in [1.807, 2.05) is 34.6 Å². The van der Waals surface area contributed by atoms with Crippen molar-refractivity contribution < 1.29 is 27.2 Å². The zero-order chi connectivity index (χ0) is 32.0. The van der Waals surface area contributed by atoms with Crippen LogP contribution in [0.1, 0.15) is 119 Å². The lowest BCUT2D eigenvalue weighted by molar-refractivity contribution is -0.134. The molecule has 13 heteroatoms. The van der Waals surface area contributed by atoms with E-state index < -0.39 is 29.3 Å². The normalized spacial score (nSPS) is 20.3. The monoisotopic (exact) mass is 619 g/mol. The molecule has 0 radical (unpaired) electrons. The summed E-state index contributed by atoms with van der Waals surface area (Å²) in [5.41, 5.74) is 1.58. The molecule has 2 aliphatic carbocycles. The quantitative estimate of drug-likeness (QED) is 0.268. The van der Waals surface area contributed by atoms with E-state index in [0.717, 1.165) is 0 Å². The topological polar surface area (TPSA) is 106 Å². The van der Waals surface area contributed by atoms with Crippen molar-refractivity contribution in [3.05, 3.63) is 47.7 Å². The van der Waals surface area contributed by atoms with Gasteiger partial charge in [-0.1, -0.05) is 20.8 Å². The summed E-state index contributed by atoms with van der Waals surface area (Å²) in [5, 5.41) is 14.8. The van der Waals surface area contributed by atoms with Gasteiger partial charge >= 0.3 is 0 Å². The van der Waals surface area contributed by atoms with Gasteiger partial charge in [-0.25, -0.2) is 27.1 Å². The molecule has 0 saturated heterocycles. The van der Waals surface area contributed by atoms with Crippen LogP contribution in [-0.4, -0.2) is 48.0 Å². The Morgan fingerprint density at radius 2 is 1.73 bits per heavy atom. The van der Waals surface area contributed by atoms with Gasteiger partial charge in [0.1, 0.15) is 5.69 Å².